The van der Waals surface area contributed by atoms with E-state index in [4.69, 9.17) is 14.3 Å². The van der Waals surface area contributed by atoms with Crippen LogP contribution in [-0.4, -0.2) is 54.4 Å². The van der Waals surface area contributed by atoms with E-state index in [0.717, 1.165) is 24.5 Å². The third-order valence-electron chi connectivity index (χ3n) is 4.82. The molecule has 1 aromatic carbocycles. The molecule has 2 atom stereocenters. The van der Waals surface area contributed by atoms with Gasteiger partial charge >= 0.3 is 12.1 Å². The maximum absolute atomic E-state index is 13.5. The lowest BCUT2D eigenvalue weighted by molar-refractivity contribution is -0.190. The summed E-state index contributed by atoms with van der Waals surface area (Å²) in [7, 11) is 0. The number of hydrogen-bond acceptors (Lipinski definition) is 7. The van der Waals surface area contributed by atoms with Crippen molar-refractivity contribution in [2.75, 3.05) is 19.9 Å². The molecule has 11 heteroatoms. The summed E-state index contributed by atoms with van der Waals surface area (Å²) in [6.07, 6.45) is -4.54. The summed E-state index contributed by atoms with van der Waals surface area (Å²) in [5, 5.41) is 17.9. The van der Waals surface area contributed by atoms with Crippen LogP contribution in [0.4, 0.5) is 13.2 Å². The summed E-state index contributed by atoms with van der Waals surface area (Å²) >= 11 is 0. The number of aliphatic hydroxyl groups is 1. The van der Waals surface area contributed by atoms with Crippen LogP contribution in [0.1, 0.15) is 29.5 Å². The first-order valence-electron chi connectivity index (χ1n) is 9.34. The minimum Gasteiger partial charge on any atom is -0.475 e. The molecule has 0 unspecified atom stereocenters. The van der Waals surface area contributed by atoms with Gasteiger partial charge in [-0.05, 0) is 49.6 Å². The summed E-state index contributed by atoms with van der Waals surface area (Å²) in [5.41, 5.74) is 1.04. The third-order valence-corrected chi connectivity index (χ3v) is 4.82. The maximum atomic E-state index is 13.5. The molecule has 0 bridgehead atoms. The number of aryl methyl sites for hydroxylation is 2. The van der Waals surface area contributed by atoms with Gasteiger partial charge in [0.25, 0.3) is 6.79 Å². The van der Waals surface area contributed by atoms with Crippen LogP contribution >= 0.6 is 0 Å². The zero-order valence-corrected chi connectivity index (χ0v) is 16.5. The number of benzene rings is 1. The van der Waals surface area contributed by atoms with Crippen molar-refractivity contribution in [1.82, 2.24) is 5.01 Å². The topological polar surface area (TPSA) is 93.0 Å². The number of ether oxygens (including phenoxy) is 2. The van der Waals surface area contributed by atoms with Gasteiger partial charge in [-0.25, -0.2) is 4.79 Å². The van der Waals surface area contributed by atoms with Crippen LogP contribution in [0.5, 0.6) is 5.75 Å². The molecule has 1 N–H and O–H groups in total. The first-order valence-corrected chi connectivity index (χ1v) is 9.34. The number of fused-ring (bicyclic) bond motifs is 1. The molecule has 1 fully saturated rings. The number of carbonyl (C=O) groups is 1. The fourth-order valence-electron chi connectivity index (χ4n) is 3.47. The number of nitrogens with zero attached hydrogens (tertiary/aromatic N) is 3. The largest absolute Gasteiger partial charge is 0.475 e. The summed E-state index contributed by atoms with van der Waals surface area (Å²) in [6, 6.07) is 3.16. The SMILES string of the molecule is Cc1cc(C)c2c(c1)C=C(C(=O)OCO/N=N\N1CCC[C@H]1CO)[C@@H](C(F)(F)F)O2. The Balaban J connectivity index is 1.67. The highest BCUT2D eigenvalue weighted by Gasteiger charge is 2.49. The Kier molecular flexibility index (Phi) is 6.49. The van der Waals surface area contributed by atoms with E-state index >= 15 is 0 Å². The highest BCUT2D eigenvalue weighted by Crippen LogP contribution is 2.39. The van der Waals surface area contributed by atoms with Crippen molar-refractivity contribution in [3.63, 3.8) is 0 Å². The normalized spacial score (nSPS) is 21.3. The number of esters is 1. The summed E-state index contributed by atoms with van der Waals surface area (Å²) in [6.45, 7) is 3.21. The Morgan fingerprint density at radius 3 is 2.83 bits per heavy atom. The molecule has 0 saturated carbocycles. The Morgan fingerprint density at radius 1 is 1.37 bits per heavy atom. The Hall–Kier alpha value is -2.82. The maximum Gasteiger partial charge on any atom is 0.430 e. The van der Waals surface area contributed by atoms with E-state index in [-0.39, 0.29) is 18.4 Å². The minimum atomic E-state index is -4.81. The van der Waals surface area contributed by atoms with E-state index in [9.17, 15) is 23.1 Å². The van der Waals surface area contributed by atoms with Crippen LogP contribution < -0.4 is 4.74 Å². The molecule has 0 amide bonds. The van der Waals surface area contributed by atoms with Gasteiger partial charge in [0.15, 0.2) is 0 Å². The summed E-state index contributed by atoms with van der Waals surface area (Å²) in [4.78, 5) is 17.0. The first kappa shape index (κ1) is 21.9. The lowest BCUT2D eigenvalue weighted by Crippen LogP contribution is -2.41. The second-order valence-corrected chi connectivity index (χ2v) is 7.13. The van der Waals surface area contributed by atoms with E-state index in [0.29, 0.717) is 17.7 Å². The van der Waals surface area contributed by atoms with Gasteiger partial charge in [0.1, 0.15) is 5.75 Å². The second-order valence-electron chi connectivity index (χ2n) is 7.13. The van der Waals surface area contributed by atoms with Crippen molar-refractivity contribution in [2.24, 2.45) is 10.5 Å². The molecular formula is C19H22F3N3O5. The van der Waals surface area contributed by atoms with E-state index in [1.54, 1.807) is 26.0 Å². The predicted molar refractivity (Wildman–Crippen MR) is 98.1 cm³/mol. The molecule has 8 nitrogen and oxygen atoms in total. The summed E-state index contributed by atoms with van der Waals surface area (Å²) in [5.74, 6) is -1.15. The minimum absolute atomic E-state index is 0.0774. The molecular weight excluding hydrogens is 407 g/mol. The van der Waals surface area contributed by atoms with E-state index in [1.165, 1.54) is 5.01 Å². The van der Waals surface area contributed by atoms with Gasteiger partial charge in [-0.3, -0.25) is 5.01 Å². The van der Waals surface area contributed by atoms with Crippen LogP contribution in [0.25, 0.3) is 6.08 Å². The Morgan fingerprint density at radius 2 is 2.13 bits per heavy atom. The number of alkyl halides is 3. The van der Waals surface area contributed by atoms with Crippen molar-refractivity contribution in [3.8, 4) is 5.75 Å². The smallest absolute Gasteiger partial charge is 0.430 e. The van der Waals surface area contributed by atoms with E-state index in [1.807, 2.05) is 0 Å². The molecule has 30 heavy (non-hydrogen) atoms. The number of hydrogen-bond donors (Lipinski definition) is 1. The van der Waals surface area contributed by atoms with Crippen LogP contribution in [0, 0.1) is 13.8 Å². The van der Waals surface area contributed by atoms with E-state index in [2.05, 4.69) is 10.5 Å². The molecule has 0 radical (unpaired) electrons. The molecule has 164 valence electrons. The van der Waals surface area contributed by atoms with Crippen molar-refractivity contribution < 1.29 is 37.4 Å². The molecule has 2 aliphatic rings. The zero-order chi connectivity index (χ0) is 21.9. The first-order chi connectivity index (χ1) is 14.2. The number of rotatable bonds is 6. The quantitative estimate of drug-likeness (QED) is 0.245. The molecule has 0 spiro atoms. The standard InChI is InChI=1S/C19H22F3N3O5/c1-11-6-12(2)16-13(7-11)8-15(17(30-16)19(20,21)22)18(27)28-10-29-24-23-25-5-3-4-14(25)9-26/h6-8,14,17,26H,3-5,9-10H2,1-2H3/b24-23-/t14-,17-/m0/s1. The van der Waals surface area contributed by atoms with E-state index < -0.39 is 30.6 Å². The zero-order valence-electron chi connectivity index (χ0n) is 16.5. The van der Waals surface area contributed by atoms with Crippen LogP contribution in [0.15, 0.2) is 28.2 Å². The summed E-state index contributed by atoms with van der Waals surface area (Å²) < 4.78 is 50.3. The van der Waals surface area contributed by atoms with Crippen molar-refractivity contribution in [2.45, 2.75) is 45.0 Å². The fourth-order valence-corrected chi connectivity index (χ4v) is 3.47. The van der Waals surface area contributed by atoms with Crippen LogP contribution in [0.2, 0.25) is 0 Å². The average Bonchev–Trinajstić information content (AvgIpc) is 3.13. The third kappa shape index (κ3) is 4.84. The van der Waals surface area contributed by atoms with Gasteiger partial charge in [-0.15, -0.1) is 0 Å². The van der Waals surface area contributed by atoms with Gasteiger partial charge in [-0.2, -0.15) is 13.2 Å². The lowest BCUT2D eigenvalue weighted by atomic mass is 9.97. The van der Waals surface area contributed by atoms with Gasteiger partial charge in [0, 0.05) is 17.4 Å². The monoisotopic (exact) mass is 429 g/mol. The fraction of sp³-hybridized carbons (Fsp3) is 0.526. The van der Waals surface area contributed by atoms with Crippen molar-refractivity contribution >= 4 is 12.0 Å². The molecule has 2 aliphatic heterocycles. The highest BCUT2D eigenvalue weighted by atomic mass is 19.4. The second kappa shape index (κ2) is 8.90. The number of aliphatic hydroxyl groups excluding tert-OH is 1. The Bertz CT molecular complexity index is 857. The molecule has 3 rings (SSSR count). The number of halogens is 3. The highest BCUT2D eigenvalue weighted by molar-refractivity contribution is 5.96. The molecule has 2 heterocycles. The predicted octanol–water partition coefficient (Wildman–Crippen LogP) is 3.27. The molecule has 0 aliphatic carbocycles. The Labute approximate surface area is 170 Å². The molecule has 0 aromatic heterocycles. The van der Waals surface area contributed by atoms with Crippen LogP contribution in [0.3, 0.4) is 0 Å². The lowest BCUT2D eigenvalue weighted by Gasteiger charge is -2.29. The molecule has 1 aromatic rings. The average molecular weight is 429 g/mol. The van der Waals surface area contributed by atoms with Crippen molar-refractivity contribution in [3.05, 3.63) is 34.4 Å². The van der Waals surface area contributed by atoms with Crippen LogP contribution in [-0.2, 0) is 14.4 Å². The molecule has 1 saturated heterocycles. The van der Waals surface area contributed by atoms with Gasteiger partial charge in [0.05, 0.1) is 18.2 Å². The van der Waals surface area contributed by atoms with Gasteiger partial charge in [0.2, 0.25) is 6.10 Å². The van der Waals surface area contributed by atoms with Crippen molar-refractivity contribution in [1.29, 1.82) is 0 Å². The number of carbonyl (C=O) groups excluding carboxylic acids is 1. The van der Waals surface area contributed by atoms with Gasteiger partial charge < -0.3 is 19.4 Å². The van der Waals surface area contributed by atoms with Gasteiger partial charge in [-0.1, -0.05) is 11.6 Å².